The van der Waals surface area contributed by atoms with Gasteiger partial charge in [0.15, 0.2) is 0 Å². The van der Waals surface area contributed by atoms with E-state index in [1.165, 1.54) is 19.4 Å². The lowest BCUT2D eigenvalue weighted by Gasteiger charge is -2.16. The van der Waals surface area contributed by atoms with Crippen molar-refractivity contribution in [3.8, 4) is 11.6 Å². The van der Waals surface area contributed by atoms with Gasteiger partial charge in [0.2, 0.25) is 5.88 Å². The fraction of sp³-hybridized carbons (Fsp3) is 0.136. The molecule has 31 heavy (non-hydrogen) atoms. The van der Waals surface area contributed by atoms with Crippen molar-refractivity contribution in [3.05, 3.63) is 86.5 Å². The van der Waals surface area contributed by atoms with Gasteiger partial charge in [-0.05, 0) is 42.8 Å². The number of methoxy groups -OCH3 is 1. The maximum atomic E-state index is 12.9. The molecule has 0 saturated carbocycles. The van der Waals surface area contributed by atoms with Gasteiger partial charge in [0.25, 0.3) is 5.91 Å². The number of rotatable bonds is 6. The lowest BCUT2D eigenvalue weighted by molar-refractivity contribution is 0.0600. The van der Waals surface area contributed by atoms with Gasteiger partial charge < -0.3 is 14.8 Å². The van der Waals surface area contributed by atoms with E-state index in [4.69, 9.17) is 39.5 Å². The maximum Gasteiger partial charge on any atom is 0.337 e. The molecule has 0 fully saturated rings. The number of aromatic nitrogens is 1. The molecule has 0 unspecified atom stereocenters. The Morgan fingerprint density at radius 2 is 1.77 bits per heavy atom. The number of ether oxygens (including phenoxy) is 2. The fourth-order valence-electron chi connectivity index (χ4n) is 2.72. The molecule has 1 atom stereocenters. The monoisotopic (exact) mass is 478 g/mol. The number of carbonyl (C=O) groups is 2. The lowest BCUT2D eigenvalue weighted by atomic mass is 10.1. The predicted octanol–water partition coefficient (Wildman–Crippen LogP) is 6.11. The van der Waals surface area contributed by atoms with Crippen molar-refractivity contribution < 1.29 is 19.1 Å². The zero-order chi connectivity index (χ0) is 22.5. The number of carbonyl (C=O) groups excluding carboxylic acids is 2. The van der Waals surface area contributed by atoms with Gasteiger partial charge in [0.1, 0.15) is 16.3 Å². The second-order valence-electron chi connectivity index (χ2n) is 6.47. The SMILES string of the molecule is COC(=O)c1ccc([C@H](C)NC(=O)c2cc(Cl)cnc2Oc2cccc(Cl)c2Cl)cc1. The lowest BCUT2D eigenvalue weighted by Crippen LogP contribution is -2.27. The average molecular weight is 480 g/mol. The third-order valence-electron chi connectivity index (χ3n) is 4.36. The van der Waals surface area contributed by atoms with Crippen molar-refractivity contribution in [1.29, 1.82) is 0 Å². The number of benzene rings is 2. The van der Waals surface area contributed by atoms with Crippen molar-refractivity contribution in [2.45, 2.75) is 13.0 Å². The summed E-state index contributed by atoms with van der Waals surface area (Å²) in [7, 11) is 1.31. The van der Waals surface area contributed by atoms with E-state index in [1.807, 2.05) is 0 Å². The normalized spacial score (nSPS) is 11.5. The van der Waals surface area contributed by atoms with Crippen molar-refractivity contribution in [2.24, 2.45) is 0 Å². The second-order valence-corrected chi connectivity index (χ2v) is 7.69. The van der Waals surface area contributed by atoms with Crippen LogP contribution in [0.3, 0.4) is 0 Å². The molecular formula is C22H17Cl3N2O4. The quantitative estimate of drug-likeness (QED) is 0.431. The van der Waals surface area contributed by atoms with E-state index in [-0.39, 0.29) is 33.3 Å². The average Bonchev–Trinajstić information content (AvgIpc) is 2.77. The Labute approximate surface area is 194 Å². The molecule has 3 rings (SSSR count). The van der Waals surface area contributed by atoms with Crippen LogP contribution in [0.2, 0.25) is 15.1 Å². The van der Waals surface area contributed by atoms with E-state index in [1.54, 1.807) is 49.4 Å². The van der Waals surface area contributed by atoms with E-state index < -0.39 is 11.9 Å². The summed E-state index contributed by atoms with van der Waals surface area (Å²) in [6.45, 7) is 1.80. The van der Waals surface area contributed by atoms with Crippen LogP contribution in [-0.4, -0.2) is 24.0 Å². The highest BCUT2D eigenvalue weighted by Gasteiger charge is 2.20. The minimum atomic E-state index is -0.451. The number of nitrogens with zero attached hydrogens (tertiary/aromatic N) is 1. The summed E-state index contributed by atoms with van der Waals surface area (Å²) in [6.07, 6.45) is 1.36. The molecule has 0 aliphatic heterocycles. The van der Waals surface area contributed by atoms with E-state index in [0.29, 0.717) is 10.6 Å². The number of esters is 1. The summed E-state index contributed by atoms with van der Waals surface area (Å²) in [5, 5.41) is 3.64. The minimum Gasteiger partial charge on any atom is -0.465 e. The number of hydrogen-bond acceptors (Lipinski definition) is 5. The molecule has 3 aromatic rings. The zero-order valence-electron chi connectivity index (χ0n) is 16.5. The molecule has 1 N–H and O–H groups in total. The van der Waals surface area contributed by atoms with Crippen LogP contribution in [0, 0.1) is 0 Å². The van der Waals surface area contributed by atoms with Crippen LogP contribution in [0.15, 0.2) is 54.7 Å². The summed E-state index contributed by atoms with van der Waals surface area (Å²) in [6, 6.07) is 12.7. The summed E-state index contributed by atoms with van der Waals surface area (Å²) in [5.74, 6) is -0.605. The Bertz CT molecular complexity index is 1120. The number of pyridine rings is 1. The highest BCUT2D eigenvalue weighted by molar-refractivity contribution is 6.42. The third kappa shape index (κ3) is 5.47. The van der Waals surface area contributed by atoms with E-state index >= 15 is 0 Å². The summed E-state index contributed by atoms with van der Waals surface area (Å²) in [5.41, 5.74) is 1.33. The minimum absolute atomic E-state index is 0.0271. The highest BCUT2D eigenvalue weighted by Crippen LogP contribution is 2.35. The van der Waals surface area contributed by atoms with Crippen LogP contribution in [0.5, 0.6) is 11.6 Å². The second kappa shape index (κ2) is 10.0. The highest BCUT2D eigenvalue weighted by atomic mass is 35.5. The Hall–Kier alpha value is -2.80. The molecule has 0 saturated heterocycles. The molecule has 6 nitrogen and oxygen atoms in total. The van der Waals surface area contributed by atoms with Gasteiger partial charge in [-0.15, -0.1) is 0 Å². The Balaban J connectivity index is 1.82. The largest absolute Gasteiger partial charge is 0.465 e. The van der Waals surface area contributed by atoms with Gasteiger partial charge in [-0.2, -0.15) is 0 Å². The Kier molecular flexibility index (Phi) is 7.38. The van der Waals surface area contributed by atoms with Gasteiger partial charge in [0, 0.05) is 6.20 Å². The Morgan fingerprint density at radius 1 is 1.06 bits per heavy atom. The van der Waals surface area contributed by atoms with Crippen LogP contribution in [0.4, 0.5) is 0 Å². The summed E-state index contributed by atoms with van der Waals surface area (Å²) >= 11 is 18.2. The molecule has 2 aromatic carbocycles. The van der Waals surface area contributed by atoms with E-state index in [0.717, 1.165) is 5.56 Å². The van der Waals surface area contributed by atoms with Crippen LogP contribution in [-0.2, 0) is 4.74 Å². The van der Waals surface area contributed by atoms with Crippen molar-refractivity contribution in [2.75, 3.05) is 7.11 Å². The maximum absolute atomic E-state index is 12.9. The van der Waals surface area contributed by atoms with E-state index in [2.05, 4.69) is 15.0 Å². The topological polar surface area (TPSA) is 77.5 Å². The van der Waals surface area contributed by atoms with Gasteiger partial charge in [-0.25, -0.2) is 9.78 Å². The zero-order valence-corrected chi connectivity index (χ0v) is 18.8. The van der Waals surface area contributed by atoms with Gasteiger partial charge >= 0.3 is 5.97 Å². The number of nitrogens with one attached hydrogen (secondary N) is 1. The predicted molar refractivity (Wildman–Crippen MR) is 119 cm³/mol. The summed E-state index contributed by atoms with van der Waals surface area (Å²) in [4.78, 5) is 28.6. The molecule has 1 amide bonds. The first-order valence-electron chi connectivity index (χ1n) is 9.06. The van der Waals surface area contributed by atoms with Crippen molar-refractivity contribution in [3.63, 3.8) is 0 Å². The smallest absolute Gasteiger partial charge is 0.337 e. The van der Waals surface area contributed by atoms with Gasteiger partial charge in [-0.3, -0.25) is 4.79 Å². The van der Waals surface area contributed by atoms with E-state index in [9.17, 15) is 9.59 Å². The molecular weight excluding hydrogens is 463 g/mol. The van der Waals surface area contributed by atoms with Crippen LogP contribution < -0.4 is 10.1 Å². The standard InChI is InChI=1S/C22H17Cl3N2O4/c1-12(13-6-8-14(9-7-13)22(29)30-2)27-20(28)16-10-15(23)11-26-21(16)31-18-5-3-4-17(24)19(18)25/h3-12H,1-2H3,(H,27,28)/t12-/m0/s1. The fourth-order valence-corrected chi connectivity index (χ4v) is 3.21. The van der Waals surface area contributed by atoms with Crippen LogP contribution in [0.1, 0.15) is 39.2 Å². The van der Waals surface area contributed by atoms with Crippen LogP contribution >= 0.6 is 34.8 Å². The molecule has 0 spiro atoms. The van der Waals surface area contributed by atoms with Crippen molar-refractivity contribution >= 4 is 46.7 Å². The molecule has 1 heterocycles. The number of hydrogen-bond donors (Lipinski definition) is 1. The molecule has 9 heteroatoms. The first kappa shape index (κ1) is 22.9. The third-order valence-corrected chi connectivity index (χ3v) is 5.37. The molecule has 160 valence electrons. The Morgan fingerprint density at radius 3 is 2.45 bits per heavy atom. The molecule has 0 aliphatic rings. The van der Waals surface area contributed by atoms with Crippen LogP contribution in [0.25, 0.3) is 0 Å². The number of halogens is 3. The first-order chi connectivity index (χ1) is 14.8. The summed E-state index contributed by atoms with van der Waals surface area (Å²) < 4.78 is 10.4. The van der Waals surface area contributed by atoms with Gasteiger partial charge in [-0.1, -0.05) is 53.0 Å². The molecule has 0 bridgehead atoms. The van der Waals surface area contributed by atoms with Crippen molar-refractivity contribution in [1.82, 2.24) is 10.3 Å². The molecule has 0 radical (unpaired) electrons. The molecule has 0 aliphatic carbocycles. The first-order valence-corrected chi connectivity index (χ1v) is 10.2. The molecule has 1 aromatic heterocycles. The number of amides is 1. The van der Waals surface area contributed by atoms with Gasteiger partial charge in [0.05, 0.1) is 28.8 Å².